The number of aliphatic carboxylic acids is 1. The monoisotopic (exact) mass is 187 g/mol. The van der Waals surface area contributed by atoms with Gasteiger partial charge in [0.15, 0.2) is 0 Å². The van der Waals surface area contributed by atoms with E-state index in [2.05, 4.69) is 6.92 Å². The molecule has 3 N–H and O–H groups in total. The van der Waals surface area contributed by atoms with E-state index in [4.69, 9.17) is 10.8 Å². The molecule has 0 aliphatic carbocycles. The summed E-state index contributed by atoms with van der Waals surface area (Å²) in [5, 5.41) is 8.72. The molecule has 1 unspecified atom stereocenters. The molecule has 13 heavy (non-hydrogen) atoms. The van der Waals surface area contributed by atoms with Crippen LogP contribution in [0.5, 0.6) is 0 Å². The van der Waals surface area contributed by atoms with Crippen LogP contribution in [0.15, 0.2) is 0 Å². The highest BCUT2D eigenvalue weighted by atomic mass is 16.4. The molecule has 0 fully saturated rings. The number of carboxylic acids is 1. The van der Waals surface area contributed by atoms with Crippen LogP contribution in [0, 0.1) is 0 Å². The molecule has 0 aromatic rings. The summed E-state index contributed by atoms with van der Waals surface area (Å²) in [4.78, 5) is 10.6. The Kier molecular flexibility index (Phi) is 5.71. The molecule has 0 spiro atoms. The third kappa shape index (κ3) is 5.64. The maximum atomic E-state index is 10.6. The van der Waals surface area contributed by atoms with Crippen molar-refractivity contribution in [1.29, 1.82) is 0 Å². The predicted octanol–water partition coefficient (Wildman–Crippen LogP) is 2.15. The lowest BCUT2D eigenvalue weighted by Crippen LogP contribution is -2.44. The van der Waals surface area contributed by atoms with Gasteiger partial charge >= 0.3 is 5.97 Å². The SMILES string of the molecule is CCCCCCCC(C)(N)C(=O)O. The molecule has 1 atom stereocenters. The second-order valence-corrected chi connectivity index (χ2v) is 3.89. The van der Waals surface area contributed by atoms with Gasteiger partial charge in [0.2, 0.25) is 0 Å². The van der Waals surface area contributed by atoms with Crippen molar-refractivity contribution in [1.82, 2.24) is 0 Å². The van der Waals surface area contributed by atoms with Gasteiger partial charge in [0, 0.05) is 0 Å². The summed E-state index contributed by atoms with van der Waals surface area (Å²) < 4.78 is 0. The fourth-order valence-electron chi connectivity index (χ4n) is 1.20. The average Bonchev–Trinajstić information content (AvgIpc) is 2.03. The Balaban J connectivity index is 3.46. The van der Waals surface area contributed by atoms with E-state index in [1.807, 2.05) is 0 Å². The quantitative estimate of drug-likeness (QED) is 0.600. The van der Waals surface area contributed by atoms with Crippen LogP contribution in [0.4, 0.5) is 0 Å². The van der Waals surface area contributed by atoms with E-state index in [0.717, 1.165) is 12.8 Å². The molecule has 3 heteroatoms. The van der Waals surface area contributed by atoms with Crippen molar-refractivity contribution >= 4 is 5.97 Å². The summed E-state index contributed by atoms with van der Waals surface area (Å²) in [6, 6.07) is 0. The third-order valence-electron chi connectivity index (χ3n) is 2.29. The van der Waals surface area contributed by atoms with E-state index in [-0.39, 0.29) is 0 Å². The van der Waals surface area contributed by atoms with Gasteiger partial charge in [0.25, 0.3) is 0 Å². The van der Waals surface area contributed by atoms with E-state index in [1.54, 1.807) is 6.92 Å². The molecule has 78 valence electrons. The summed E-state index contributed by atoms with van der Waals surface area (Å²) in [5.74, 6) is -0.900. The van der Waals surface area contributed by atoms with Crippen LogP contribution in [0.1, 0.15) is 52.4 Å². The first-order valence-electron chi connectivity index (χ1n) is 5.03. The Morgan fingerprint density at radius 3 is 2.31 bits per heavy atom. The standard InChI is InChI=1S/C10H21NO2/c1-3-4-5-6-7-8-10(2,11)9(12)13/h3-8,11H2,1-2H3,(H,12,13). The van der Waals surface area contributed by atoms with Gasteiger partial charge in [-0.05, 0) is 13.3 Å². The molecule has 0 bridgehead atoms. The second kappa shape index (κ2) is 5.97. The minimum Gasteiger partial charge on any atom is -0.480 e. The van der Waals surface area contributed by atoms with Crippen LogP contribution in [0.25, 0.3) is 0 Å². The predicted molar refractivity (Wildman–Crippen MR) is 53.6 cm³/mol. The zero-order chi connectivity index (χ0) is 10.3. The second-order valence-electron chi connectivity index (χ2n) is 3.89. The molecule has 0 rings (SSSR count). The molecule has 0 aromatic carbocycles. The van der Waals surface area contributed by atoms with Crippen molar-refractivity contribution in [2.75, 3.05) is 0 Å². The lowest BCUT2D eigenvalue weighted by atomic mass is 9.95. The minimum atomic E-state index is -1.04. The number of hydrogen-bond donors (Lipinski definition) is 2. The Labute approximate surface area is 80.3 Å². The van der Waals surface area contributed by atoms with Crippen molar-refractivity contribution in [3.8, 4) is 0 Å². The summed E-state index contributed by atoms with van der Waals surface area (Å²) >= 11 is 0. The molecular formula is C10H21NO2. The minimum absolute atomic E-state index is 0.575. The van der Waals surface area contributed by atoms with Gasteiger partial charge in [-0.2, -0.15) is 0 Å². The summed E-state index contributed by atoms with van der Waals surface area (Å²) in [6.07, 6.45) is 6.21. The number of carboxylic acid groups (broad SMARTS) is 1. The molecule has 0 aromatic heterocycles. The lowest BCUT2D eigenvalue weighted by molar-refractivity contribution is -0.142. The molecule has 3 nitrogen and oxygen atoms in total. The fraction of sp³-hybridized carbons (Fsp3) is 0.900. The van der Waals surface area contributed by atoms with Crippen molar-refractivity contribution < 1.29 is 9.90 Å². The zero-order valence-electron chi connectivity index (χ0n) is 8.68. The van der Waals surface area contributed by atoms with Crippen LogP contribution in [-0.2, 0) is 4.79 Å². The Morgan fingerprint density at radius 2 is 1.85 bits per heavy atom. The fourth-order valence-corrected chi connectivity index (χ4v) is 1.20. The van der Waals surface area contributed by atoms with Crippen LogP contribution < -0.4 is 5.73 Å². The Bertz CT molecular complexity index is 155. The maximum absolute atomic E-state index is 10.6. The molecule has 0 saturated heterocycles. The molecule has 0 radical (unpaired) electrons. The lowest BCUT2D eigenvalue weighted by Gasteiger charge is -2.18. The van der Waals surface area contributed by atoms with Gasteiger partial charge < -0.3 is 10.8 Å². The smallest absolute Gasteiger partial charge is 0.323 e. The normalized spacial score (nSPS) is 15.3. The van der Waals surface area contributed by atoms with E-state index in [0.29, 0.717) is 6.42 Å². The highest BCUT2D eigenvalue weighted by Gasteiger charge is 2.26. The largest absolute Gasteiger partial charge is 0.480 e. The summed E-state index contributed by atoms with van der Waals surface area (Å²) in [7, 11) is 0. The van der Waals surface area contributed by atoms with Gasteiger partial charge in [-0.15, -0.1) is 0 Å². The van der Waals surface area contributed by atoms with E-state index in [1.165, 1.54) is 19.3 Å². The van der Waals surface area contributed by atoms with Gasteiger partial charge in [-0.3, -0.25) is 4.79 Å². The van der Waals surface area contributed by atoms with Crippen molar-refractivity contribution in [2.45, 2.75) is 57.9 Å². The third-order valence-corrected chi connectivity index (χ3v) is 2.29. The van der Waals surface area contributed by atoms with Crippen molar-refractivity contribution in [3.05, 3.63) is 0 Å². The molecule has 0 aliphatic rings. The topological polar surface area (TPSA) is 63.3 Å². The molecular weight excluding hydrogens is 166 g/mol. The highest BCUT2D eigenvalue weighted by Crippen LogP contribution is 2.13. The first-order valence-corrected chi connectivity index (χ1v) is 5.03. The number of carbonyl (C=O) groups is 1. The van der Waals surface area contributed by atoms with Gasteiger partial charge in [0.05, 0.1) is 0 Å². The number of rotatable bonds is 7. The van der Waals surface area contributed by atoms with Crippen LogP contribution in [0.3, 0.4) is 0 Å². The number of unbranched alkanes of at least 4 members (excludes halogenated alkanes) is 4. The summed E-state index contributed by atoms with van der Waals surface area (Å²) in [6.45, 7) is 3.74. The van der Waals surface area contributed by atoms with Gasteiger partial charge in [-0.25, -0.2) is 0 Å². The highest BCUT2D eigenvalue weighted by molar-refractivity contribution is 5.77. The van der Waals surface area contributed by atoms with Gasteiger partial charge in [0.1, 0.15) is 5.54 Å². The zero-order valence-corrected chi connectivity index (χ0v) is 8.68. The van der Waals surface area contributed by atoms with Crippen LogP contribution in [0.2, 0.25) is 0 Å². The maximum Gasteiger partial charge on any atom is 0.323 e. The molecule has 0 aliphatic heterocycles. The first-order chi connectivity index (χ1) is 6.00. The van der Waals surface area contributed by atoms with Crippen LogP contribution in [-0.4, -0.2) is 16.6 Å². The number of nitrogens with two attached hydrogens (primary N) is 1. The number of hydrogen-bond acceptors (Lipinski definition) is 2. The van der Waals surface area contributed by atoms with Crippen molar-refractivity contribution in [2.24, 2.45) is 5.73 Å². The van der Waals surface area contributed by atoms with E-state index >= 15 is 0 Å². The van der Waals surface area contributed by atoms with Crippen LogP contribution >= 0.6 is 0 Å². The van der Waals surface area contributed by atoms with E-state index in [9.17, 15) is 4.79 Å². The Morgan fingerprint density at radius 1 is 1.31 bits per heavy atom. The summed E-state index contributed by atoms with van der Waals surface area (Å²) in [5.41, 5.74) is 4.54. The van der Waals surface area contributed by atoms with E-state index < -0.39 is 11.5 Å². The molecule has 0 saturated carbocycles. The van der Waals surface area contributed by atoms with Gasteiger partial charge in [-0.1, -0.05) is 39.0 Å². The Hall–Kier alpha value is -0.570. The average molecular weight is 187 g/mol. The molecule has 0 amide bonds. The molecule has 0 heterocycles. The van der Waals surface area contributed by atoms with Crippen molar-refractivity contribution in [3.63, 3.8) is 0 Å². The first kappa shape index (κ1) is 12.4.